The van der Waals surface area contributed by atoms with Crippen molar-refractivity contribution in [1.82, 2.24) is 10.1 Å². The molecule has 1 heterocycles. The molecule has 0 bridgehead atoms. The van der Waals surface area contributed by atoms with Gasteiger partial charge in [-0.3, -0.25) is 4.79 Å². The van der Waals surface area contributed by atoms with Gasteiger partial charge in [0.25, 0.3) is 0 Å². The summed E-state index contributed by atoms with van der Waals surface area (Å²) in [6.45, 7) is 8.11. The number of anilines is 2. The molecule has 2 aromatic rings. The van der Waals surface area contributed by atoms with E-state index in [1.54, 1.807) is 0 Å². The van der Waals surface area contributed by atoms with Crippen LogP contribution in [-0.4, -0.2) is 16.0 Å². The predicted molar refractivity (Wildman–Crippen MR) is 92.8 cm³/mol. The van der Waals surface area contributed by atoms with E-state index in [2.05, 4.69) is 20.8 Å². The molecule has 1 saturated carbocycles. The van der Waals surface area contributed by atoms with Crippen LogP contribution in [0.25, 0.3) is 0 Å². The minimum absolute atomic E-state index is 0.104. The van der Waals surface area contributed by atoms with Crippen LogP contribution in [0.3, 0.4) is 0 Å². The zero-order valence-corrected chi connectivity index (χ0v) is 14.6. The molecule has 6 heteroatoms. The maximum atomic E-state index is 11.9. The lowest BCUT2D eigenvalue weighted by Crippen LogP contribution is -2.14. The number of nitrogens with one attached hydrogen (secondary N) is 2. The second-order valence-corrected chi connectivity index (χ2v) is 7.42. The summed E-state index contributed by atoms with van der Waals surface area (Å²) < 4.78 is 5.37. The fraction of sp³-hybridized carbons (Fsp3) is 0.500. The summed E-state index contributed by atoms with van der Waals surface area (Å²) in [5.74, 6) is 1.53. The fourth-order valence-electron chi connectivity index (χ4n) is 2.30. The maximum absolute atomic E-state index is 11.9. The Balaban J connectivity index is 1.66. The summed E-state index contributed by atoms with van der Waals surface area (Å²) in [4.78, 5) is 16.3. The number of aromatic nitrogens is 2. The Morgan fingerprint density at radius 2 is 2.00 bits per heavy atom. The molecule has 6 nitrogen and oxygen atoms in total. The molecule has 0 unspecified atom stereocenters. The maximum Gasteiger partial charge on any atom is 0.248 e. The molecule has 1 amide bonds. The Bertz CT molecular complexity index is 729. The molecule has 0 saturated heterocycles. The first-order valence-corrected chi connectivity index (χ1v) is 8.34. The average molecular weight is 328 g/mol. The predicted octanol–water partition coefficient (Wildman–Crippen LogP) is 3.89. The topological polar surface area (TPSA) is 80.0 Å². The van der Waals surface area contributed by atoms with Crippen molar-refractivity contribution in [2.75, 3.05) is 10.6 Å². The van der Waals surface area contributed by atoms with E-state index in [0.717, 1.165) is 24.2 Å². The van der Waals surface area contributed by atoms with Gasteiger partial charge in [0.1, 0.15) is 6.04 Å². The molecule has 24 heavy (non-hydrogen) atoms. The minimum atomic E-state index is -0.144. The van der Waals surface area contributed by atoms with Gasteiger partial charge in [0.2, 0.25) is 11.8 Å². The van der Waals surface area contributed by atoms with E-state index in [-0.39, 0.29) is 23.3 Å². The summed E-state index contributed by atoms with van der Waals surface area (Å²) in [6.07, 6.45) is 1.99. The molecule has 0 radical (unpaired) electrons. The summed E-state index contributed by atoms with van der Waals surface area (Å²) in [7, 11) is 0. The molecule has 1 aliphatic carbocycles. The van der Waals surface area contributed by atoms with Crippen molar-refractivity contribution >= 4 is 17.3 Å². The number of nitrogens with zero attached hydrogens (tertiary/aromatic N) is 2. The van der Waals surface area contributed by atoms with E-state index >= 15 is 0 Å². The van der Waals surface area contributed by atoms with Crippen molar-refractivity contribution in [3.8, 4) is 0 Å². The van der Waals surface area contributed by atoms with Crippen molar-refractivity contribution in [3.63, 3.8) is 0 Å². The number of carbonyl (C=O) groups is 1. The van der Waals surface area contributed by atoms with E-state index < -0.39 is 0 Å². The van der Waals surface area contributed by atoms with Crippen molar-refractivity contribution in [2.24, 2.45) is 5.92 Å². The van der Waals surface area contributed by atoms with E-state index in [0.29, 0.717) is 11.7 Å². The third-order valence-electron chi connectivity index (χ3n) is 3.94. The van der Waals surface area contributed by atoms with Crippen LogP contribution < -0.4 is 10.6 Å². The smallest absolute Gasteiger partial charge is 0.248 e. The minimum Gasteiger partial charge on any atom is -0.374 e. The van der Waals surface area contributed by atoms with Crippen molar-refractivity contribution in [1.29, 1.82) is 0 Å². The van der Waals surface area contributed by atoms with E-state index in [1.165, 1.54) is 0 Å². The Labute approximate surface area is 142 Å². The van der Waals surface area contributed by atoms with Gasteiger partial charge in [0.05, 0.1) is 0 Å². The second kappa shape index (κ2) is 6.26. The Morgan fingerprint density at radius 3 is 2.62 bits per heavy atom. The molecule has 1 aromatic heterocycles. The zero-order chi connectivity index (χ0) is 17.3. The van der Waals surface area contributed by atoms with E-state index in [4.69, 9.17) is 4.52 Å². The number of amides is 1. The van der Waals surface area contributed by atoms with Crippen LogP contribution in [-0.2, 0) is 10.2 Å². The Morgan fingerprint density at radius 1 is 1.29 bits per heavy atom. The van der Waals surface area contributed by atoms with Crippen molar-refractivity contribution in [3.05, 3.63) is 36.0 Å². The number of rotatable bonds is 5. The highest BCUT2D eigenvalue weighted by molar-refractivity contribution is 5.94. The molecule has 1 atom stereocenters. The molecule has 1 aliphatic rings. The number of hydrogen-bond donors (Lipinski definition) is 2. The SMILES string of the molecule is C[C@@H](Nc1cccc(NC(=O)C2CC2)c1)c1nc(C(C)(C)C)no1. The van der Waals surface area contributed by atoms with E-state index in [1.807, 2.05) is 52.0 Å². The molecule has 1 fully saturated rings. The first kappa shape index (κ1) is 16.5. The molecule has 0 aliphatic heterocycles. The summed E-state index contributed by atoms with van der Waals surface area (Å²) in [6, 6.07) is 7.54. The lowest BCUT2D eigenvalue weighted by molar-refractivity contribution is -0.117. The lowest BCUT2D eigenvalue weighted by atomic mass is 9.96. The largest absolute Gasteiger partial charge is 0.374 e. The van der Waals surface area contributed by atoms with Gasteiger partial charge < -0.3 is 15.2 Å². The van der Waals surface area contributed by atoms with Crippen LogP contribution >= 0.6 is 0 Å². The van der Waals surface area contributed by atoms with Gasteiger partial charge in [-0.15, -0.1) is 0 Å². The fourth-order valence-corrected chi connectivity index (χ4v) is 2.30. The van der Waals surface area contributed by atoms with Gasteiger partial charge in [-0.1, -0.05) is 32.0 Å². The average Bonchev–Trinajstić information content (AvgIpc) is 3.22. The highest BCUT2D eigenvalue weighted by atomic mass is 16.5. The van der Waals surface area contributed by atoms with Crippen LogP contribution in [0.4, 0.5) is 11.4 Å². The van der Waals surface area contributed by atoms with Gasteiger partial charge in [-0.05, 0) is 38.0 Å². The van der Waals surface area contributed by atoms with Crippen molar-refractivity contribution < 1.29 is 9.32 Å². The Hall–Kier alpha value is -2.37. The third-order valence-corrected chi connectivity index (χ3v) is 3.94. The summed E-state index contributed by atoms with van der Waals surface area (Å²) in [5.41, 5.74) is 1.55. The second-order valence-electron chi connectivity index (χ2n) is 7.42. The molecule has 1 aromatic carbocycles. The van der Waals surface area contributed by atoms with Gasteiger partial charge in [-0.2, -0.15) is 4.98 Å². The quantitative estimate of drug-likeness (QED) is 0.870. The highest BCUT2D eigenvalue weighted by Gasteiger charge is 2.29. The van der Waals surface area contributed by atoms with E-state index in [9.17, 15) is 4.79 Å². The zero-order valence-electron chi connectivity index (χ0n) is 14.6. The normalized spacial score (nSPS) is 15.8. The molecule has 2 N–H and O–H groups in total. The Kier molecular flexibility index (Phi) is 4.30. The number of benzene rings is 1. The highest BCUT2D eigenvalue weighted by Crippen LogP contribution is 2.30. The van der Waals surface area contributed by atoms with Crippen LogP contribution in [0.5, 0.6) is 0 Å². The first-order valence-electron chi connectivity index (χ1n) is 8.34. The number of carbonyl (C=O) groups excluding carboxylic acids is 1. The van der Waals surface area contributed by atoms with Crippen molar-refractivity contribution in [2.45, 2.75) is 52.0 Å². The lowest BCUT2D eigenvalue weighted by Gasteiger charge is -2.13. The third kappa shape index (κ3) is 3.93. The van der Waals surface area contributed by atoms with Gasteiger partial charge in [-0.25, -0.2) is 0 Å². The molecular formula is C18H24N4O2. The van der Waals surface area contributed by atoms with Crippen LogP contribution in [0.15, 0.2) is 28.8 Å². The van der Waals surface area contributed by atoms with Gasteiger partial charge in [0.15, 0.2) is 5.82 Å². The first-order chi connectivity index (χ1) is 11.3. The summed E-state index contributed by atoms with van der Waals surface area (Å²) >= 11 is 0. The molecule has 128 valence electrons. The van der Waals surface area contributed by atoms with Crippen LogP contribution in [0.1, 0.15) is 58.3 Å². The van der Waals surface area contributed by atoms with Gasteiger partial charge in [0, 0.05) is 22.7 Å². The standard InChI is InChI=1S/C18H24N4O2/c1-11(16-21-17(22-24-16)18(2,3)4)19-13-6-5-7-14(10-13)20-15(23)12-8-9-12/h5-7,10-12,19H,8-9H2,1-4H3,(H,20,23)/t11-/m1/s1. The molecule has 3 rings (SSSR count). The summed E-state index contributed by atoms with van der Waals surface area (Å²) in [5, 5.41) is 10.3. The molecular weight excluding hydrogens is 304 g/mol. The van der Waals surface area contributed by atoms with Gasteiger partial charge >= 0.3 is 0 Å². The van der Waals surface area contributed by atoms with Crippen LogP contribution in [0.2, 0.25) is 0 Å². The monoisotopic (exact) mass is 328 g/mol. The number of hydrogen-bond acceptors (Lipinski definition) is 5. The van der Waals surface area contributed by atoms with Crippen LogP contribution in [0, 0.1) is 5.92 Å². The molecule has 0 spiro atoms.